The lowest BCUT2D eigenvalue weighted by molar-refractivity contribution is 0.198. The van der Waals surface area contributed by atoms with Gasteiger partial charge in [0.15, 0.2) is 5.82 Å². The van der Waals surface area contributed by atoms with Gasteiger partial charge in [0, 0.05) is 31.9 Å². The van der Waals surface area contributed by atoms with Gasteiger partial charge >= 0.3 is 0 Å². The van der Waals surface area contributed by atoms with Crippen LogP contribution >= 0.6 is 0 Å². The van der Waals surface area contributed by atoms with E-state index in [1.54, 1.807) is 13.4 Å². The Morgan fingerprint density at radius 1 is 1.00 bits per heavy atom. The molecular formula is C19H22N4O2. The quantitative estimate of drug-likeness (QED) is 0.578. The minimum atomic E-state index is 0.571. The van der Waals surface area contributed by atoms with E-state index in [0.717, 1.165) is 35.9 Å². The molecule has 1 aromatic carbocycles. The summed E-state index contributed by atoms with van der Waals surface area (Å²) >= 11 is 0. The summed E-state index contributed by atoms with van der Waals surface area (Å²) < 4.78 is 10.4. The molecule has 2 aromatic heterocycles. The van der Waals surface area contributed by atoms with Crippen molar-refractivity contribution in [2.45, 2.75) is 13.0 Å². The molecule has 0 unspecified atom stereocenters. The number of rotatable bonds is 9. The van der Waals surface area contributed by atoms with Crippen molar-refractivity contribution < 1.29 is 9.15 Å². The SMILES string of the molecule is COCCCNc1cc(NCc2ccco2)nc(-c2ccccc2)n1. The lowest BCUT2D eigenvalue weighted by Gasteiger charge is -2.11. The number of ether oxygens (including phenoxy) is 1. The largest absolute Gasteiger partial charge is 0.467 e. The van der Waals surface area contributed by atoms with Crippen LogP contribution in [0.3, 0.4) is 0 Å². The van der Waals surface area contributed by atoms with E-state index in [9.17, 15) is 0 Å². The van der Waals surface area contributed by atoms with Crippen LogP contribution in [-0.4, -0.2) is 30.2 Å². The topological polar surface area (TPSA) is 72.2 Å². The minimum absolute atomic E-state index is 0.571. The van der Waals surface area contributed by atoms with Gasteiger partial charge < -0.3 is 19.8 Å². The van der Waals surface area contributed by atoms with E-state index >= 15 is 0 Å². The van der Waals surface area contributed by atoms with Crippen LogP contribution in [0.1, 0.15) is 12.2 Å². The van der Waals surface area contributed by atoms with Crippen LogP contribution < -0.4 is 10.6 Å². The van der Waals surface area contributed by atoms with E-state index in [1.165, 1.54) is 0 Å². The Balaban J connectivity index is 1.77. The maximum absolute atomic E-state index is 5.36. The van der Waals surface area contributed by atoms with Crippen molar-refractivity contribution in [3.05, 3.63) is 60.6 Å². The van der Waals surface area contributed by atoms with E-state index in [0.29, 0.717) is 19.0 Å². The van der Waals surface area contributed by atoms with Crippen molar-refractivity contribution in [2.24, 2.45) is 0 Å². The summed E-state index contributed by atoms with van der Waals surface area (Å²) in [6, 6.07) is 15.6. The highest BCUT2D eigenvalue weighted by Gasteiger charge is 2.07. The first kappa shape index (κ1) is 17.0. The molecule has 0 aliphatic heterocycles. The molecule has 25 heavy (non-hydrogen) atoms. The molecule has 3 aromatic rings. The van der Waals surface area contributed by atoms with Gasteiger partial charge in [-0.2, -0.15) is 0 Å². The minimum Gasteiger partial charge on any atom is -0.467 e. The van der Waals surface area contributed by atoms with Gasteiger partial charge in [0.25, 0.3) is 0 Å². The Hall–Kier alpha value is -2.86. The highest BCUT2D eigenvalue weighted by Crippen LogP contribution is 2.20. The second kappa shape index (κ2) is 8.84. The van der Waals surface area contributed by atoms with Crippen LogP contribution in [0.25, 0.3) is 11.4 Å². The van der Waals surface area contributed by atoms with Crippen molar-refractivity contribution in [2.75, 3.05) is 30.9 Å². The van der Waals surface area contributed by atoms with Gasteiger partial charge in [-0.3, -0.25) is 0 Å². The average molecular weight is 338 g/mol. The summed E-state index contributed by atoms with van der Waals surface area (Å²) in [4.78, 5) is 9.24. The van der Waals surface area contributed by atoms with Crippen LogP contribution in [0.4, 0.5) is 11.6 Å². The zero-order chi connectivity index (χ0) is 17.3. The summed E-state index contributed by atoms with van der Waals surface area (Å²) in [5.41, 5.74) is 0.976. The number of nitrogens with one attached hydrogen (secondary N) is 2. The first-order valence-electron chi connectivity index (χ1n) is 8.29. The highest BCUT2D eigenvalue weighted by molar-refractivity contribution is 5.61. The number of methoxy groups -OCH3 is 1. The van der Waals surface area contributed by atoms with Gasteiger partial charge in [0.2, 0.25) is 0 Å². The lowest BCUT2D eigenvalue weighted by Crippen LogP contribution is -2.09. The summed E-state index contributed by atoms with van der Waals surface area (Å²) in [6.45, 7) is 2.07. The van der Waals surface area contributed by atoms with Crippen molar-refractivity contribution in [1.29, 1.82) is 0 Å². The molecule has 2 N–H and O–H groups in total. The predicted octanol–water partition coefficient (Wildman–Crippen LogP) is 3.80. The van der Waals surface area contributed by atoms with Crippen molar-refractivity contribution in [1.82, 2.24) is 9.97 Å². The molecule has 6 heteroatoms. The van der Waals surface area contributed by atoms with Gasteiger partial charge in [-0.1, -0.05) is 30.3 Å². The zero-order valence-corrected chi connectivity index (χ0v) is 14.2. The van der Waals surface area contributed by atoms with Crippen LogP contribution in [0.5, 0.6) is 0 Å². The zero-order valence-electron chi connectivity index (χ0n) is 14.2. The van der Waals surface area contributed by atoms with Gasteiger partial charge in [-0.15, -0.1) is 0 Å². The maximum atomic E-state index is 5.36. The summed E-state index contributed by atoms with van der Waals surface area (Å²) in [7, 11) is 1.70. The number of hydrogen-bond acceptors (Lipinski definition) is 6. The summed E-state index contributed by atoms with van der Waals surface area (Å²) in [5.74, 6) is 3.07. The molecule has 0 fully saturated rings. The molecule has 0 saturated carbocycles. The first-order valence-corrected chi connectivity index (χ1v) is 8.29. The third-order valence-electron chi connectivity index (χ3n) is 3.61. The second-order valence-electron chi connectivity index (χ2n) is 5.53. The molecule has 3 rings (SSSR count). The molecule has 0 spiro atoms. The fourth-order valence-electron chi connectivity index (χ4n) is 2.37. The Morgan fingerprint density at radius 3 is 2.52 bits per heavy atom. The normalized spacial score (nSPS) is 10.6. The summed E-state index contributed by atoms with van der Waals surface area (Å²) in [5, 5.41) is 6.62. The second-order valence-corrected chi connectivity index (χ2v) is 5.53. The molecule has 6 nitrogen and oxygen atoms in total. The van der Waals surface area contributed by atoms with Crippen LogP contribution in [0.2, 0.25) is 0 Å². The number of aromatic nitrogens is 2. The Bertz CT molecular complexity index is 760. The van der Waals surface area contributed by atoms with Crippen LogP contribution in [-0.2, 0) is 11.3 Å². The monoisotopic (exact) mass is 338 g/mol. The Morgan fingerprint density at radius 2 is 1.80 bits per heavy atom. The molecule has 2 heterocycles. The molecule has 0 bridgehead atoms. The molecule has 0 amide bonds. The smallest absolute Gasteiger partial charge is 0.163 e. The molecule has 0 radical (unpaired) electrons. The fourth-order valence-corrected chi connectivity index (χ4v) is 2.37. The van der Waals surface area contributed by atoms with E-state index in [2.05, 4.69) is 20.6 Å². The molecule has 0 aliphatic carbocycles. The summed E-state index contributed by atoms with van der Waals surface area (Å²) in [6.07, 6.45) is 2.57. The number of benzene rings is 1. The molecular weight excluding hydrogens is 316 g/mol. The van der Waals surface area contributed by atoms with Gasteiger partial charge in [0.1, 0.15) is 17.4 Å². The van der Waals surface area contributed by atoms with E-state index in [1.807, 2.05) is 48.5 Å². The van der Waals surface area contributed by atoms with Crippen molar-refractivity contribution >= 4 is 11.6 Å². The Labute approximate surface area is 147 Å². The first-order chi connectivity index (χ1) is 12.3. The third kappa shape index (κ3) is 5.06. The molecule has 130 valence electrons. The van der Waals surface area contributed by atoms with Gasteiger partial charge in [-0.25, -0.2) is 9.97 Å². The van der Waals surface area contributed by atoms with Crippen molar-refractivity contribution in [3.63, 3.8) is 0 Å². The maximum Gasteiger partial charge on any atom is 0.163 e. The van der Waals surface area contributed by atoms with Crippen LogP contribution in [0.15, 0.2) is 59.2 Å². The van der Waals surface area contributed by atoms with Gasteiger partial charge in [-0.05, 0) is 18.6 Å². The average Bonchev–Trinajstić information content (AvgIpc) is 3.18. The van der Waals surface area contributed by atoms with E-state index in [4.69, 9.17) is 9.15 Å². The number of hydrogen-bond donors (Lipinski definition) is 2. The molecule has 0 atom stereocenters. The molecule has 0 aliphatic rings. The van der Waals surface area contributed by atoms with E-state index in [-0.39, 0.29) is 0 Å². The van der Waals surface area contributed by atoms with E-state index < -0.39 is 0 Å². The standard InChI is InChI=1S/C19H22N4O2/c1-24-11-6-10-20-17-13-18(21-14-16-9-5-12-25-16)23-19(22-17)15-7-3-2-4-8-15/h2-5,7-9,12-13H,6,10-11,14H2,1H3,(H2,20,21,22,23). The predicted molar refractivity (Wildman–Crippen MR) is 98.5 cm³/mol. The third-order valence-corrected chi connectivity index (χ3v) is 3.61. The molecule has 0 saturated heterocycles. The lowest BCUT2D eigenvalue weighted by atomic mass is 10.2. The highest BCUT2D eigenvalue weighted by atomic mass is 16.5. The van der Waals surface area contributed by atoms with Crippen LogP contribution in [0, 0.1) is 0 Å². The van der Waals surface area contributed by atoms with Crippen molar-refractivity contribution in [3.8, 4) is 11.4 Å². The number of furan rings is 1. The fraction of sp³-hybridized carbons (Fsp3) is 0.263. The number of nitrogens with zero attached hydrogens (tertiary/aromatic N) is 2. The van der Waals surface area contributed by atoms with Gasteiger partial charge in [0.05, 0.1) is 12.8 Å². The Kier molecular flexibility index (Phi) is 6.01. The number of anilines is 2.